The SMILES string of the molecule is ClC(Cl)c1ccc2c(c1-c1ccccc1)Cc1ccccc1-2. The number of alkyl halides is 2. The van der Waals surface area contributed by atoms with Gasteiger partial charge in [-0.3, -0.25) is 0 Å². The molecule has 0 saturated heterocycles. The maximum atomic E-state index is 6.24. The third-order valence-corrected chi connectivity index (χ3v) is 4.79. The lowest BCUT2D eigenvalue weighted by molar-refractivity contribution is 1.23. The molecular weight excluding hydrogens is 311 g/mol. The largest absolute Gasteiger partial charge is 0.133 e. The summed E-state index contributed by atoms with van der Waals surface area (Å²) in [4.78, 5) is -0.524. The molecular formula is C20H14Cl2. The Morgan fingerprint density at radius 1 is 0.727 bits per heavy atom. The molecule has 0 N–H and O–H groups in total. The Hall–Kier alpha value is -1.76. The van der Waals surface area contributed by atoms with E-state index < -0.39 is 4.84 Å². The monoisotopic (exact) mass is 324 g/mol. The minimum atomic E-state index is -0.524. The number of hydrogen-bond donors (Lipinski definition) is 0. The van der Waals surface area contributed by atoms with Crippen molar-refractivity contribution in [2.24, 2.45) is 0 Å². The summed E-state index contributed by atoms with van der Waals surface area (Å²) in [6.45, 7) is 0. The molecule has 0 atom stereocenters. The molecule has 3 aromatic rings. The van der Waals surface area contributed by atoms with Crippen LogP contribution in [0.3, 0.4) is 0 Å². The Bertz CT molecular complexity index is 836. The van der Waals surface area contributed by atoms with Gasteiger partial charge in [-0.05, 0) is 45.4 Å². The van der Waals surface area contributed by atoms with Crippen LogP contribution in [0.4, 0.5) is 0 Å². The standard InChI is InChI=1S/C20H14Cl2/c21-20(22)17-11-10-16-15-9-5-4-8-14(15)12-18(16)19(17)13-6-2-1-3-7-13/h1-11,20H,12H2. The van der Waals surface area contributed by atoms with E-state index in [1.54, 1.807) is 0 Å². The van der Waals surface area contributed by atoms with Gasteiger partial charge in [-0.2, -0.15) is 0 Å². The van der Waals surface area contributed by atoms with Crippen molar-refractivity contribution in [3.63, 3.8) is 0 Å². The van der Waals surface area contributed by atoms with Crippen LogP contribution in [0, 0.1) is 0 Å². The Labute approximate surface area is 140 Å². The molecule has 0 fully saturated rings. The maximum Gasteiger partial charge on any atom is 0.133 e. The fourth-order valence-electron chi connectivity index (χ4n) is 3.36. The van der Waals surface area contributed by atoms with Crippen molar-refractivity contribution in [1.29, 1.82) is 0 Å². The highest BCUT2D eigenvalue weighted by Crippen LogP contribution is 2.45. The van der Waals surface area contributed by atoms with E-state index in [1.165, 1.54) is 33.4 Å². The molecule has 0 nitrogen and oxygen atoms in total. The summed E-state index contributed by atoms with van der Waals surface area (Å²) in [5.41, 5.74) is 8.66. The van der Waals surface area contributed by atoms with Crippen molar-refractivity contribution in [3.8, 4) is 22.3 Å². The molecule has 0 bridgehead atoms. The smallest absolute Gasteiger partial charge is 0.100 e. The molecule has 0 saturated carbocycles. The second-order valence-corrected chi connectivity index (χ2v) is 6.65. The van der Waals surface area contributed by atoms with Crippen LogP contribution in [-0.2, 0) is 6.42 Å². The normalized spacial score (nSPS) is 12.3. The molecule has 0 amide bonds. The topological polar surface area (TPSA) is 0 Å². The van der Waals surface area contributed by atoms with Gasteiger partial charge in [0.15, 0.2) is 0 Å². The zero-order valence-electron chi connectivity index (χ0n) is 11.9. The van der Waals surface area contributed by atoms with Crippen LogP contribution in [0.15, 0.2) is 66.7 Å². The van der Waals surface area contributed by atoms with Crippen LogP contribution in [0.1, 0.15) is 21.5 Å². The van der Waals surface area contributed by atoms with E-state index in [1.807, 2.05) is 6.07 Å². The molecule has 0 radical (unpaired) electrons. The van der Waals surface area contributed by atoms with Crippen LogP contribution in [-0.4, -0.2) is 0 Å². The highest BCUT2D eigenvalue weighted by atomic mass is 35.5. The summed E-state index contributed by atoms with van der Waals surface area (Å²) in [6.07, 6.45) is 0.935. The van der Waals surface area contributed by atoms with Crippen molar-refractivity contribution in [2.75, 3.05) is 0 Å². The number of rotatable bonds is 2. The van der Waals surface area contributed by atoms with Gasteiger partial charge in [0.05, 0.1) is 0 Å². The van der Waals surface area contributed by atoms with E-state index >= 15 is 0 Å². The number of halogens is 2. The average Bonchev–Trinajstić information content (AvgIpc) is 2.93. The van der Waals surface area contributed by atoms with Gasteiger partial charge in [0.25, 0.3) is 0 Å². The van der Waals surface area contributed by atoms with E-state index in [9.17, 15) is 0 Å². The van der Waals surface area contributed by atoms with Gasteiger partial charge in [-0.25, -0.2) is 0 Å². The van der Waals surface area contributed by atoms with Crippen molar-refractivity contribution in [3.05, 3.63) is 83.4 Å². The number of benzene rings is 3. The Morgan fingerprint density at radius 3 is 2.23 bits per heavy atom. The fourth-order valence-corrected chi connectivity index (χ4v) is 3.72. The molecule has 0 aromatic heterocycles. The fraction of sp³-hybridized carbons (Fsp3) is 0.100. The molecule has 1 aliphatic rings. The minimum Gasteiger partial charge on any atom is -0.100 e. The van der Waals surface area contributed by atoms with E-state index in [0.29, 0.717) is 0 Å². The summed E-state index contributed by atoms with van der Waals surface area (Å²) in [6, 6.07) is 23.2. The van der Waals surface area contributed by atoms with Gasteiger partial charge >= 0.3 is 0 Å². The van der Waals surface area contributed by atoms with Crippen molar-refractivity contribution < 1.29 is 0 Å². The van der Waals surface area contributed by atoms with E-state index in [0.717, 1.165) is 12.0 Å². The van der Waals surface area contributed by atoms with E-state index in [4.69, 9.17) is 23.2 Å². The molecule has 0 heterocycles. The van der Waals surface area contributed by atoms with Gasteiger partial charge in [-0.15, -0.1) is 23.2 Å². The van der Waals surface area contributed by atoms with Crippen molar-refractivity contribution in [2.45, 2.75) is 11.3 Å². The van der Waals surface area contributed by atoms with E-state index in [-0.39, 0.29) is 0 Å². The van der Waals surface area contributed by atoms with Gasteiger partial charge < -0.3 is 0 Å². The Morgan fingerprint density at radius 2 is 1.45 bits per heavy atom. The van der Waals surface area contributed by atoms with Crippen molar-refractivity contribution >= 4 is 23.2 Å². The summed E-state index contributed by atoms with van der Waals surface area (Å²) in [7, 11) is 0. The van der Waals surface area contributed by atoms with Gasteiger partial charge in [0, 0.05) is 0 Å². The van der Waals surface area contributed by atoms with Crippen LogP contribution in [0.25, 0.3) is 22.3 Å². The molecule has 22 heavy (non-hydrogen) atoms. The zero-order chi connectivity index (χ0) is 15.1. The molecule has 2 heteroatoms. The third-order valence-electron chi connectivity index (χ3n) is 4.32. The van der Waals surface area contributed by atoms with Crippen molar-refractivity contribution in [1.82, 2.24) is 0 Å². The first-order chi connectivity index (χ1) is 10.8. The highest BCUT2D eigenvalue weighted by molar-refractivity contribution is 6.44. The van der Waals surface area contributed by atoms with Gasteiger partial charge in [0.2, 0.25) is 0 Å². The lowest BCUT2D eigenvalue weighted by atomic mass is 9.91. The Balaban J connectivity index is 2.01. The van der Waals surface area contributed by atoms with Crippen LogP contribution < -0.4 is 0 Å². The summed E-state index contributed by atoms with van der Waals surface area (Å²) in [5, 5.41) is 0. The molecule has 1 aliphatic carbocycles. The van der Waals surface area contributed by atoms with Gasteiger partial charge in [0.1, 0.15) is 4.84 Å². The predicted octanol–water partition coefficient (Wildman–Crippen LogP) is 6.40. The molecule has 0 unspecified atom stereocenters. The lowest BCUT2D eigenvalue weighted by Gasteiger charge is -2.16. The maximum absolute atomic E-state index is 6.24. The van der Waals surface area contributed by atoms with E-state index in [2.05, 4.69) is 60.7 Å². The number of hydrogen-bond acceptors (Lipinski definition) is 0. The zero-order valence-corrected chi connectivity index (χ0v) is 13.4. The molecule has 0 spiro atoms. The average molecular weight is 325 g/mol. The number of fused-ring (bicyclic) bond motifs is 3. The molecule has 3 aromatic carbocycles. The van der Waals surface area contributed by atoms with Crippen LogP contribution in [0.5, 0.6) is 0 Å². The minimum absolute atomic E-state index is 0.524. The van der Waals surface area contributed by atoms with Crippen LogP contribution in [0.2, 0.25) is 0 Å². The quantitative estimate of drug-likeness (QED) is 0.374. The lowest BCUT2D eigenvalue weighted by Crippen LogP contribution is -1.95. The molecule has 108 valence electrons. The predicted molar refractivity (Wildman–Crippen MR) is 94.6 cm³/mol. The Kier molecular flexibility index (Phi) is 3.44. The first-order valence-corrected chi connectivity index (χ1v) is 8.20. The summed E-state index contributed by atoms with van der Waals surface area (Å²) < 4.78 is 0. The third kappa shape index (κ3) is 2.15. The first kappa shape index (κ1) is 13.9. The van der Waals surface area contributed by atoms with Gasteiger partial charge in [-0.1, -0.05) is 66.7 Å². The van der Waals surface area contributed by atoms with Crippen LogP contribution >= 0.6 is 23.2 Å². The molecule has 4 rings (SSSR count). The first-order valence-electron chi connectivity index (χ1n) is 7.33. The second-order valence-electron chi connectivity index (χ2n) is 5.56. The second kappa shape index (κ2) is 5.46. The molecule has 0 aliphatic heterocycles. The summed E-state index contributed by atoms with van der Waals surface area (Å²) in [5.74, 6) is 0. The summed E-state index contributed by atoms with van der Waals surface area (Å²) >= 11 is 12.5. The highest BCUT2D eigenvalue weighted by Gasteiger charge is 2.24.